The molecule has 13 rings (SSSR count). The number of fused-ring (bicyclic) bond motifs is 9. The van der Waals surface area contributed by atoms with Crippen LogP contribution in [0.25, 0.3) is 120 Å². The minimum absolute atomic E-state index is 0.681. The molecule has 0 radical (unpaired) electrons. The summed E-state index contributed by atoms with van der Waals surface area (Å²) in [7, 11) is 0. The van der Waals surface area contributed by atoms with E-state index in [2.05, 4.69) is 221 Å². The van der Waals surface area contributed by atoms with E-state index in [0.29, 0.717) is 5.82 Å². The Morgan fingerprint density at radius 2 is 0.746 bits per heavy atom. The van der Waals surface area contributed by atoms with Gasteiger partial charge in [0.15, 0.2) is 5.82 Å². The molecule has 0 unspecified atom stereocenters. The molecule has 9 aromatic carbocycles. The summed E-state index contributed by atoms with van der Waals surface area (Å²) in [5.41, 5.74) is 13.8. The second-order valence-corrected chi connectivity index (χ2v) is 17.3. The molecule has 0 fully saturated rings. The maximum absolute atomic E-state index is 5.40. The van der Waals surface area contributed by atoms with Gasteiger partial charge in [0.1, 0.15) is 0 Å². The van der Waals surface area contributed by atoms with Crippen molar-refractivity contribution in [2.45, 2.75) is 0 Å². The molecular weight excluding hydrogens is 785 g/mol. The molecule has 0 spiro atoms. The van der Waals surface area contributed by atoms with Gasteiger partial charge in [-0.25, -0.2) is 9.97 Å². The Balaban J connectivity index is 1.05. The number of rotatable bonds is 6. The van der Waals surface area contributed by atoms with Crippen molar-refractivity contribution in [3.8, 4) is 56.4 Å². The van der Waals surface area contributed by atoms with Crippen LogP contribution in [0.3, 0.4) is 0 Å². The molecular formula is C58H36N4S. The maximum atomic E-state index is 5.40. The van der Waals surface area contributed by atoms with E-state index >= 15 is 0 Å². The Kier molecular flexibility index (Phi) is 8.05. The first-order valence-electron chi connectivity index (χ1n) is 21.3. The minimum Gasteiger partial charge on any atom is -0.309 e. The zero-order valence-electron chi connectivity index (χ0n) is 34.0. The average molecular weight is 821 g/mol. The highest BCUT2D eigenvalue weighted by molar-refractivity contribution is 7.25. The highest BCUT2D eigenvalue weighted by Crippen LogP contribution is 2.40. The molecule has 0 amide bonds. The standard InChI is InChI=1S/C58H36N4S/c1-2-15-37(16-3-1)58-59-50(40-18-14-17-38(31-40)39-29-30-57-49(34-39)48-23-8-13-28-56(48)63-57)36-51(60-58)41-32-42(61-52-24-9-4-19-44(52)45-20-5-10-25-53(45)61)35-43(33-41)62-54-26-11-6-21-46(54)47-22-7-12-27-55(47)62/h1-36H. The second-order valence-electron chi connectivity index (χ2n) is 16.2. The third kappa shape index (κ3) is 5.82. The molecule has 13 aromatic rings. The number of hydrogen-bond acceptors (Lipinski definition) is 3. The van der Waals surface area contributed by atoms with Crippen LogP contribution < -0.4 is 0 Å². The van der Waals surface area contributed by atoms with Crippen LogP contribution in [-0.2, 0) is 0 Å². The van der Waals surface area contributed by atoms with Gasteiger partial charge in [-0.2, -0.15) is 0 Å². The van der Waals surface area contributed by atoms with Gasteiger partial charge in [-0.1, -0.05) is 146 Å². The van der Waals surface area contributed by atoms with Crippen molar-refractivity contribution < 1.29 is 0 Å². The van der Waals surface area contributed by atoms with Crippen LogP contribution >= 0.6 is 11.3 Å². The van der Waals surface area contributed by atoms with Gasteiger partial charge in [-0.05, 0) is 83.9 Å². The lowest BCUT2D eigenvalue weighted by atomic mass is 9.99. The zero-order chi connectivity index (χ0) is 41.4. The van der Waals surface area contributed by atoms with Crippen molar-refractivity contribution in [3.05, 3.63) is 218 Å². The Bertz CT molecular complexity index is 3690. The van der Waals surface area contributed by atoms with Gasteiger partial charge in [-0.3, -0.25) is 0 Å². The highest BCUT2D eigenvalue weighted by atomic mass is 32.1. The van der Waals surface area contributed by atoms with Crippen LogP contribution in [0.15, 0.2) is 218 Å². The average Bonchev–Trinajstić information content (AvgIpc) is 4.02. The quantitative estimate of drug-likeness (QED) is 0.167. The SMILES string of the molecule is c1ccc(-c2nc(-c3cccc(-c4ccc5sc6ccccc6c5c4)c3)cc(-c3cc(-n4c5ccccc5c5ccccc54)cc(-n4c5ccccc5c5ccccc54)c3)n2)cc1. The number of hydrogen-bond donors (Lipinski definition) is 0. The van der Waals surface area contributed by atoms with Crippen molar-refractivity contribution >= 4 is 75.1 Å². The van der Waals surface area contributed by atoms with E-state index in [4.69, 9.17) is 9.97 Å². The van der Waals surface area contributed by atoms with Crippen molar-refractivity contribution in [2.75, 3.05) is 0 Å². The number of thiophene rings is 1. The summed E-state index contributed by atoms with van der Waals surface area (Å²) in [4.78, 5) is 10.7. The fourth-order valence-electron chi connectivity index (χ4n) is 9.63. The van der Waals surface area contributed by atoms with Crippen LogP contribution in [-0.4, -0.2) is 19.1 Å². The smallest absolute Gasteiger partial charge is 0.160 e. The Morgan fingerprint density at radius 1 is 0.286 bits per heavy atom. The van der Waals surface area contributed by atoms with E-state index in [9.17, 15) is 0 Å². The number of nitrogens with zero attached hydrogens (tertiary/aromatic N) is 4. The van der Waals surface area contributed by atoms with Gasteiger partial charge in [0.05, 0.1) is 33.5 Å². The predicted octanol–water partition coefficient (Wildman–Crippen LogP) is 15.7. The van der Waals surface area contributed by atoms with E-state index in [0.717, 1.165) is 67.1 Å². The summed E-state index contributed by atoms with van der Waals surface area (Å²) in [5.74, 6) is 0.681. The van der Waals surface area contributed by atoms with Gasteiger partial charge in [0.2, 0.25) is 0 Å². The van der Waals surface area contributed by atoms with Crippen LogP contribution in [0.4, 0.5) is 0 Å². The van der Waals surface area contributed by atoms with E-state index in [1.807, 2.05) is 17.4 Å². The molecule has 0 saturated heterocycles. The van der Waals surface area contributed by atoms with E-state index < -0.39 is 0 Å². The van der Waals surface area contributed by atoms with E-state index in [-0.39, 0.29) is 0 Å². The van der Waals surface area contributed by atoms with Crippen molar-refractivity contribution in [1.29, 1.82) is 0 Å². The molecule has 0 aliphatic carbocycles. The molecule has 294 valence electrons. The highest BCUT2D eigenvalue weighted by Gasteiger charge is 2.19. The fourth-order valence-corrected chi connectivity index (χ4v) is 10.7. The molecule has 0 aliphatic heterocycles. The third-order valence-corrected chi connectivity index (χ3v) is 13.7. The van der Waals surface area contributed by atoms with Crippen molar-refractivity contribution in [3.63, 3.8) is 0 Å². The summed E-state index contributed by atoms with van der Waals surface area (Å²) in [6.45, 7) is 0. The van der Waals surface area contributed by atoms with Gasteiger partial charge >= 0.3 is 0 Å². The number of aromatic nitrogens is 4. The van der Waals surface area contributed by atoms with Crippen molar-refractivity contribution in [1.82, 2.24) is 19.1 Å². The number of benzene rings is 9. The lowest BCUT2D eigenvalue weighted by Gasteiger charge is -2.16. The predicted molar refractivity (Wildman–Crippen MR) is 265 cm³/mol. The molecule has 0 saturated carbocycles. The molecule has 0 atom stereocenters. The van der Waals surface area contributed by atoms with Crippen LogP contribution in [0, 0.1) is 0 Å². The Hall–Kier alpha value is -8.12. The van der Waals surface area contributed by atoms with Crippen LogP contribution in [0.5, 0.6) is 0 Å². The molecule has 63 heavy (non-hydrogen) atoms. The monoisotopic (exact) mass is 820 g/mol. The summed E-state index contributed by atoms with van der Waals surface area (Å²) in [5, 5.41) is 7.47. The molecule has 0 N–H and O–H groups in total. The van der Waals surface area contributed by atoms with Gasteiger partial charge in [0, 0.05) is 69.8 Å². The second kappa shape index (κ2) is 14.2. The lowest BCUT2D eigenvalue weighted by Crippen LogP contribution is -2.01. The number of para-hydroxylation sites is 4. The summed E-state index contributed by atoms with van der Waals surface area (Å²) >= 11 is 1.85. The molecule has 0 bridgehead atoms. The normalized spacial score (nSPS) is 11.8. The van der Waals surface area contributed by atoms with E-state index in [1.54, 1.807) is 0 Å². The summed E-state index contributed by atoms with van der Waals surface area (Å²) in [6, 6.07) is 78.6. The third-order valence-electron chi connectivity index (χ3n) is 12.5. The van der Waals surface area contributed by atoms with Gasteiger partial charge in [-0.15, -0.1) is 11.3 Å². The molecule has 0 aliphatic rings. The topological polar surface area (TPSA) is 35.6 Å². The molecule has 4 nitrogen and oxygen atoms in total. The first-order chi connectivity index (χ1) is 31.2. The van der Waals surface area contributed by atoms with Gasteiger partial charge < -0.3 is 9.13 Å². The van der Waals surface area contributed by atoms with Crippen LogP contribution in [0.2, 0.25) is 0 Å². The molecule has 5 heteroatoms. The summed E-state index contributed by atoms with van der Waals surface area (Å²) < 4.78 is 7.42. The fraction of sp³-hybridized carbons (Fsp3) is 0. The van der Waals surface area contributed by atoms with Gasteiger partial charge in [0.25, 0.3) is 0 Å². The lowest BCUT2D eigenvalue weighted by molar-refractivity contribution is 1.13. The largest absolute Gasteiger partial charge is 0.309 e. The zero-order valence-corrected chi connectivity index (χ0v) is 34.8. The van der Waals surface area contributed by atoms with E-state index in [1.165, 1.54) is 47.3 Å². The van der Waals surface area contributed by atoms with Crippen LogP contribution in [0.1, 0.15) is 0 Å². The first-order valence-corrected chi connectivity index (χ1v) is 22.1. The first kappa shape index (κ1) is 35.6. The maximum Gasteiger partial charge on any atom is 0.160 e. The molecule has 4 heterocycles. The summed E-state index contributed by atoms with van der Waals surface area (Å²) in [6.07, 6.45) is 0. The Labute approximate surface area is 367 Å². The minimum atomic E-state index is 0.681. The van der Waals surface area contributed by atoms with Crippen molar-refractivity contribution in [2.24, 2.45) is 0 Å². The molecule has 4 aromatic heterocycles. The Morgan fingerprint density at radius 3 is 1.35 bits per heavy atom.